The Kier molecular flexibility index (Phi) is 5.85. The molecule has 4 aliphatic rings. The van der Waals surface area contributed by atoms with E-state index in [1.165, 1.54) is 0 Å². The van der Waals surface area contributed by atoms with Crippen LogP contribution in [0.4, 0.5) is 10.2 Å². The Morgan fingerprint density at radius 1 is 1.05 bits per heavy atom. The van der Waals surface area contributed by atoms with E-state index in [2.05, 4.69) is 37.8 Å². The van der Waals surface area contributed by atoms with Crippen LogP contribution in [0.25, 0.3) is 22.2 Å². The van der Waals surface area contributed by atoms with Gasteiger partial charge in [-0.15, -0.1) is 0 Å². The number of benzene rings is 1. The summed E-state index contributed by atoms with van der Waals surface area (Å²) in [6.45, 7) is 2.09. The number of alkyl halides is 1. The first-order valence-corrected chi connectivity index (χ1v) is 14.0. The molecule has 4 fully saturated rings. The van der Waals surface area contributed by atoms with Gasteiger partial charge >= 0.3 is 0 Å². The summed E-state index contributed by atoms with van der Waals surface area (Å²) in [6, 6.07) is 9.09. The molecule has 7 nitrogen and oxygen atoms in total. The Hall–Kier alpha value is -2.71. The predicted molar refractivity (Wildman–Crippen MR) is 141 cm³/mol. The third-order valence-corrected chi connectivity index (χ3v) is 9.28. The number of hydrogen-bond acceptors (Lipinski definition) is 6. The quantitative estimate of drug-likeness (QED) is 0.490. The smallest absolute Gasteiger partial charge is 0.146 e. The molecule has 1 aromatic carbocycles. The fourth-order valence-corrected chi connectivity index (χ4v) is 7.24. The monoisotopic (exact) mass is 505 g/mol. The lowest BCUT2D eigenvalue weighted by atomic mass is 9.89. The number of fused-ring (bicyclic) bond motifs is 3. The average molecular weight is 506 g/mol. The van der Waals surface area contributed by atoms with Gasteiger partial charge in [0.1, 0.15) is 41.9 Å². The van der Waals surface area contributed by atoms with Gasteiger partial charge in [0.15, 0.2) is 0 Å². The van der Waals surface area contributed by atoms with Crippen LogP contribution in [0.5, 0.6) is 5.75 Å². The van der Waals surface area contributed by atoms with E-state index in [0.29, 0.717) is 43.6 Å². The number of ether oxygens (including phenoxy) is 2. The largest absolute Gasteiger partial charge is 0.491 e. The second-order valence-electron chi connectivity index (χ2n) is 11.6. The average Bonchev–Trinajstić information content (AvgIpc) is 3.72. The van der Waals surface area contributed by atoms with E-state index < -0.39 is 6.17 Å². The van der Waals surface area contributed by atoms with Gasteiger partial charge in [-0.1, -0.05) is 12.1 Å². The number of halogens is 1. The second-order valence-corrected chi connectivity index (χ2v) is 11.6. The van der Waals surface area contributed by atoms with E-state index in [1.807, 2.05) is 12.1 Å². The molecule has 1 atom stereocenters. The molecule has 8 heteroatoms. The third kappa shape index (κ3) is 4.28. The van der Waals surface area contributed by atoms with Crippen molar-refractivity contribution < 1.29 is 13.9 Å². The van der Waals surface area contributed by atoms with E-state index in [9.17, 15) is 4.39 Å². The number of nitrogens with two attached hydrogens (primary N) is 1. The Morgan fingerprint density at radius 2 is 1.86 bits per heavy atom. The minimum Gasteiger partial charge on any atom is -0.491 e. The van der Waals surface area contributed by atoms with Crippen molar-refractivity contribution in [2.75, 3.05) is 25.4 Å². The lowest BCUT2D eigenvalue weighted by Crippen LogP contribution is -2.37. The fourth-order valence-electron chi connectivity index (χ4n) is 7.24. The molecule has 1 aliphatic carbocycles. The van der Waals surface area contributed by atoms with Gasteiger partial charge in [-0.2, -0.15) is 0 Å². The highest BCUT2D eigenvalue weighted by Crippen LogP contribution is 2.44. The highest BCUT2D eigenvalue weighted by atomic mass is 19.1. The third-order valence-electron chi connectivity index (χ3n) is 9.28. The Labute approximate surface area is 217 Å². The normalized spacial score (nSPS) is 31.9. The van der Waals surface area contributed by atoms with Crippen molar-refractivity contribution in [3.8, 4) is 16.9 Å². The fraction of sp³-hybridized carbons (Fsp3) is 0.586. The van der Waals surface area contributed by atoms with Crippen LogP contribution in [0.2, 0.25) is 0 Å². The summed E-state index contributed by atoms with van der Waals surface area (Å²) in [5, 5.41) is 0.901. The molecule has 3 saturated heterocycles. The van der Waals surface area contributed by atoms with Crippen LogP contribution in [0, 0.1) is 0 Å². The van der Waals surface area contributed by atoms with Gasteiger partial charge in [0, 0.05) is 36.9 Å². The first kappa shape index (κ1) is 23.4. The Bertz CT molecular complexity index is 1280. The molecule has 3 aliphatic heterocycles. The number of likely N-dealkylation sites (tertiary alicyclic amines) is 1. The zero-order valence-electron chi connectivity index (χ0n) is 21.3. The molecule has 37 heavy (non-hydrogen) atoms. The summed E-state index contributed by atoms with van der Waals surface area (Å²) in [6.07, 6.45) is 13.0. The molecule has 0 radical (unpaired) electrons. The maximum atomic E-state index is 13.8. The van der Waals surface area contributed by atoms with Gasteiger partial charge in [0.2, 0.25) is 0 Å². The van der Waals surface area contributed by atoms with Gasteiger partial charge < -0.3 is 19.8 Å². The van der Waals surface area contributed by atoms with Gasteiger partial charge in [-0.3, -0.25) is 4.90 Å². The highest BCUT2D eigenvalue weighted by molar-refractivity contribution is 6.00. The standard InChI is InChI=1S/C29H36FN5O2/c30-20-10-13-34(15-20)21-4-6-22(7-5-21)35-16-25(26-27(31)32-18-33-28(26)35)19-2-1-3-24(14-19)36-17-29-11-8-23(37-29)9-12-29/h1-3,14,16,18,20-23H,4-13,15,17H2,(H2,31,32,33)/t20-,21?,22?,23?,29?/m1/s1. The predicted octanol–water partition coefficient (Wildman–Crippen LogP) is 5.30. The molecule has 7 rings (SSSR count). The van der Waals surface area contributed by atoms with Crippen LogP contribution in [-0.2, 0) is 4.74 Å². The number of nitrogens with zero attached hydrogens (tertiary/aromatic N) is 4. The lowest BCUT2D eigenvalue weighted by Gasteiger charge is -2.35. The first-order chi connectivity index (χ1) is 18.1. The van der Waals surface area contributed by atoms with Gasteiger partial charge in [-0.25, -0.2) is 14.4 Å². The van der Waals surface area contributed by atoms with Crippen molar-refractivity contribution in [1.82, 2.24) is 19.4 Å². The second kappa shape index (κ2) is 9.24. The van der Waals surface area contributed by atoms with Gasteiger partial charge in [-0.05, 0) is 75.5 Å². The van der Waals surface area contributed by atoms with Gasteiger partial charge in [0.05, 0.1) is 11.5 Å². The van der Waals surface area contributed by atoms with Crippen molar-refractivity contribution in [2.24, 2.45) is 0 Å². The van der Waals surface area contributed by atoms with Crippen molar-refractivity contribution in [3.63, 3.8) is 0 Å². The van der Waals surface area contributed by atoms with E-state index in [0.717, 1.165) is 85.8 Å². The minimum absolute atomic E-state index is 0.103. The van der Waals surface area contributed by atoms with Crippen molar-refractivity contribution in [2.45, 2.75) is 87.7 Å². The molecule has 196 valence electrons. The van der Waals surface area contributed by atoms with Crippen LogP contribution < -0.4 is 10.5 Å². The van der Waals surface area contributed by atoms with E-state index >= 15 is 0 Å². The van der Waals surface area contributed by atoms with Gasteiger partial charge in [0.25, 0.3) is 0 Å². The molecule has 3 aromatic rings. The van der Waals surface area contributed by atoms with Crippen LogP contribution in [0.1, 0.15) is 63.8 Å². The number of anilines is 1. The molecular weight excluding hydrogens is 469 g/mol. The SMILES string of the molecule is Nc1ncnc2c1c(-c1cccc(OCC34CCC(CC3)O4)c1)cn2C1CCC(N2CC[C@@H](F)C2)CC1. The van der Waals surface area contributed by atoms with Crippen LogP contribution in [0.3, 0.4) is 0 Å². The zero-order valence-corrected chi connectivity index (χ0v) is 21.3. The lowest BCUT2D eigenvalue weighted by molar-refractivity contribution is -0.0198. The topological polar surface area (TPSA) is 78.4 Å². The van der Waals surface area contributed by atoms with Crippen molar-refractivity contribution in [1.29, 1.82) is 0 Å². The van der Waals surface area contributed by atoms with E-state index in [-0.39, 0.29) is 5.60 Å². The number of hydrogen-bond donors (Lipinski definition) is 1. The van der Waals surface area contributed by atoms with Crippen LogP contribution in [-0.4, -0.2) is 63.0 Å². The Balaban J connectivity index is 1.14. The molecule has 0 amide bonds. The molecule has 1 saturated carbocycles. The molecule has 2 bridgehead atoms. The zero-order chi connectivity index (χ0) is 25.0. The Morgan fingerprint density at radius 3 is 2.59 bits per heavy atom. The maximum Gasteiger partial charge on any atom is 0.146 e. The molecule has 2 N–H and O–H groups in total. The van der Waals surface area contributed by atoms with Crippen LogP contribution in [0.15, 0.2) is 36.8 Å². The van der Waals surface area contributed by atoms with Crippen molar-refractivity contribution in [3.05, 3.63) is 36.8 Å². The van der Waals surface area contributed by atoms with Crippen LogP contribution >= 0.6 is 0 Å². The summed E-state index contributed by atoms with van der Waals surface area (Å²) >= 11 is 0. The number of nitrogen functional groups attached to an aromatic ring is 1. The summed E-state index contributed by atoms with van der Waals surface area (Å²) in [7, 11) is 0. The summed E-state index contributed by atoms with van der Waals surface area (Å²) < 4.78 is 28.5. The maximum absolute atomic E-state index is 13.8. The molecule has 0 spiro atoms. The summed E-state index contributed by atoms with van der Waals surface area (Å²) in [4.78, 5) is 11.3. The first-order valence-electron chi connectivity index (χ1n) is 14.0. The number of rotatable bonds is 6. The molecule has 5 heterocycles. The minimum atomic E-state index is -0.659. The van der Waals surface area contributed by atoms with E-state index in [4.69, 9.17) is 15.2 Å². The van der Waals surface area contributed by atoms with Crippen molar-refractivity contribution >= 4 is 16.9 Å². The molecule has 2 aromatic heterocycles. The summed E-state index contributed by atoms with van der Waals surface area (Å²) in [5.41, 5.74) is 9.29. The summed E-state index contributed by atoms with van der Waals surface area (Å²) in [5.74, 6) is 1.35. The highest BCUT2D eigenvalue weighted by Gasteiger charge is 2.46. The number of aromatic nitrogens is 3. The van der Waals surface area contributed by atoms with E-state index in [1.54, 1.807) is 6.33 Å². The molecular formula is C29H36FN5O2. The molecule has 0 unspecified atom stereocenters.